The van der Waals surface area contributed by atoms with Crippen LogP contribution in [0.2, 0.25) is 0 Å². The van der Waals surface area contributed by atoms with Crippen LogP contribution in [0.4, 0.5) is 0 Å². The summed E-state index contributed by atoms with van der Waals surface area (Å²) in [5.41, 5.74) is 0. The van der Waals surface area contributed by atoms with E-state index in [1.54, 1.807) is 0 Å². The van der Waals surface area contributed by atoms with Gasteiger partial charge in [0.05, 0.1) is 0 Å². The highest BCUT2D eigenvalue weighted by Gasteiger charge is 2.12. The monoisotopic (exact) mass is 366 g/mol. The van der Waals surface area contributed by atoms with Crippen LogP contribution in [0, 0.1) is 0 Å². The minimum atomic E-state index is 0.646. The fourth-order valence-electron chi connectivity index (χ4n) is 1.05. The Kier molecular flexibility index (Phi) is 17.0. The molecule has 0 aromatic heterocycles. The molecule has 0 nitrogen and oxygen atoms in total. The summed E-state index contributed by atoms with van der Waals surface area (Å²) in [6.07, 6.45) is 0. The van der Waals surface area contributed by atoms with E-state index in [1.807, 2.05) is 35.3 Å². The summed E-state index contributed by atoms with van der Waals surface area (Å²) < 4.78 is 0. The minimum absolute atomic E-state index is 0.646. The Morgan fingerprint density at radius 2 is 1.29 bits per heavy atom. The lowest BCUT2D eigenvalue weighted by molar-refractivity contribution is 1.11. The van der Waals surface area contributed by atoms with E-state index in [1.165, 1.54) is 11.5 Å². The van der Waals surface area contributed by atoms with E-state index in [2.05, 4.69) is 50.5 Å². The van der Waals surface area contributed by atoms with E-state index < -0.39 is 0 Å². The smallest absolute Gasteiger partial charge is 0.0226 e. The van der Waals surface area contributed by atoms with Crippen LogP contribution in [0.5, 0.6) is 0 Å². The Hall–Kier alpha value is 2.45. The molecule has 0 amide bonds. The summed E-state index contributed by atoms with van der Waals surface area (Å²) in [7, 11) is 0. The van der Waals surface area contributed by atoms with Gasteiger partial charge >= 0.3 is 0 Å². The highest BCUT2D eigenvalue weighted by Crippen LogP contribution is 2.24. The van der Waals surface area contributed by atoms with Crippen molar-refractivity contribution in [3.63, 3.8) is 0 Å². The van der Waals surface area contributed by atoms with E-state index in [9.17, 15) is 0 Å². The van der Waals surface area contributed by atoms with Gasteiger partial charge in [-0.25, -0.2) is 0 Å². The predicted molar refractivity (Wildman–Crippen MR) is 105 cm³/mol. The third-order valence-corrected chi connectivity index (χ3v) is 8.53. The number of rotatable bonds is 12. The standard InChI is InChI=1S/C10H22S7/c11-1-3-15-7-9(5-13)17-8-10(6-14)16-4-2-12/h9-14H,1-8H2/t9-,10-/m0/s1. The first-order valence-corrected chi connectivity index (χ1v) is 11.3. The van der Waals surface area contributed by atoms with Gasteiger partial charge in [-0.3, -0.25) is 0 Å². The van der Waals surface area contributed by atoms with Crippen molar-refractivity contribution < 1.29 is 0 Å². The van der Waals surface area contributed by atoms with Crippen LogP contribution >= 0.6 is 85.8 Å². The van der Waals surface area contributed by atoms with Gasteiger partial charge in [-0.2, -0.15) is 85.8 Å². The van der Waals surface area contributed by atoms with E-state index in [4.69, 9.17) is 0 Å². The molecule has 0 aromatic carbocycles. The van der Waals surface area contributed by atoms with Crippen molar-refractivity contribution in [2.45, 2.75) is 10.5 Å². The van der Waals surface area contributed by atoms with Gasteiger partial charge in [0.1, 0.15) is 0 Å². The summed E-state index contributed by atoms with van der Waals surface area (Å²) in [5, 5.41) is 1.30. The fraction of sp³-hybridized carbons (Fsp3) is 1.00. The maximum absolute atomic E-state index is 4.43. The molecule has 0 aliphatic carbocycles. The average Bonchev–Trinajstić information content (AvgIpc) is 2.36. The van der Waals surface area contributed by atoms with Crippen LogP contribution in [-0.4, -0.2) is 56.5 Å². The van der Waals surface area contributed by atoms with E-state index in [-0.39, 0.29) is 0 Å². The van der Waals surface area contributed by atoms with Gasteiger partial charge < -0.3 is 0 Å². The molecule has 0 spiro atoms. The lowest BCUT2D eigenvalue weighted by Gasteiger charge is -2.18. The van der Waals surface area contributed by atoms with Crippen molar-refractivity contribution in [2.75, 3.05) is 46.0 Å². The summed E-state index contributed by atoms with van der Waals surface area (Å²) in [4.78, 5) is 0. The molecular formula is C10H22S7. The van der Waals surface area contributed by atoms with E-state index in [0.29, 0.717) is 10.5 Å². The van der Waals surface area contributed by atoms with Crippen molar-refractivity contribution in [1.29, 1.82) is 0 Å². The van der Waals surface area contributed by atoms with Crippen molar-refractivity contribution in [1.82, 2.24) is 0 Å². The van der Waals surface area contributed by atoms with Crippen molar-refractivity contribution in [3.8, 4) is 0 Å². The van der Waals surface area contributed by atoms with Gasteiger partial charge in [-0.15, -0.1) is 0 Å². The molecule has 0 saturated heterocycles. The van der Waals surface area contributed by atoms with Crippen molar-refractivity contribution in [3.05, 3.63) is 0 Å². The quantitative estimate of drug-likeness (QED) is 0.308. The third kappa shape index (κ3) is 11.9. The minimum Gasteiger partial charge on any atom is -0.179 e. The molecule has 0 bridgehead atoms. The Morgan fingerprint density at radius 1 is 0.706 bits per heavy atom. The fourth-order valence-corrected chi connectivity index (χ4v) is 6.22. The van der Waals surface area contributed by atoms with Crippen LogP contribution in [0.3, 0.4) is 0 Å². The van der Waals surface area contributed by atoms with Crippen molar-refractivity contribution in [2.24, 2.45) is 0 Å². The summed E-state index contributed by atoms with van der Waals surface area (Å²) in [5.74, 6) is 8.45. The molecule has 0 saturated carbocycles. The van der Waals surface area contributed by atoms with Gasteiger partial charge in [0.15, 0.2) is 0 Å². The lowest BCUT2D eigenvalue weighted by Crippen LogP contribution is -2.16. The van der Waals surface area contributed by atoms with Gasteiger partial charge in [-0.1, -0.05) is 0 Å². The molecule has 0 aliphatic rings. The summed E-state index contributed by atoms with van der Waals surface area (Å²) in [6, 6.07) is 0. The maximum Gasteiger partial charge on any atom is 0.0226 e. The van der Waals surface area contributed by atoms with Gasteiger partial charge in [-0.05, 0) is 11.5 Å². The Labute approximate surface area is 141 Å². The molecule has 17 heavy (non-hydrogen) atoms. The normalized spacial score (nSPS) is 14.8. The molecule has 0 heterocycles. The topological polar surface area (TPSA) is 0 Å². The van der Waals surface area contributed by atoms with E-state index in [0.717, 1.165) is 34.5 Å². The second kappa shape index (κ2) is 14.9. The molecule has 104 valence electrons. The third-order valence-electron chi connectivity index (χ3n) is 1.91. The van der Waals surface area contributed by atoms with Crippen molar-refractivity contribution >= 4 is 85.8 Å². The highest BCUT2D eigenvalue weighted by molar-refractivity contribution is 8.06. The van der Waals surface area contributed by atoms with Crippen LogP contribution in [0.15, 0.2) is 0 Å². The first kappa shape index (κ1) is 19.4. The van der Waals surface area contributed by atoms with Crippen LogP contribution < -0.4 is 0 Å². The SMILES string of the molecule is SCCSC[C@H](CS)SC[C@H](CS)SCCS. The largest absolute Gasteiger partial charge is 0.179 e. The van der Waals surface area contributed by atoms with Gasteiger partial charge in [0.25, 0.3) is 0 Å². The number of thioether (sulfide) groups is 3. The highest BCUT2D eigenvalue weighted by atomic mass is 32.2. The van der Waals surface area contributed by atoms with Gasteiger partial charge in [0.2, 0.25) is 0 Å². The molecule has 7 heteroatoms. The first-order chi connectivity index (χ1) is 8.28. The van der Waals surface area contributed by atoms with Gasteiger partial charge in [0, 0.05) is 45.0 Å². The van der Waals surface area contributed by atoms with E-state index >= 15 is 0 Å². The average molecular weight is 367 g/mol. The molecule has 0 fully saturated rings. The van der Waals surface area contributed by atoms with Crippen LogP contribution in [0.1, 0.15) is 0 Å². The molecule has 0 radical (unpaired) electrons. The Morgan fingerprint density at radius 3 is 1.82 bits per heavy atom. The molecule has 0 aromatic rings. The molecular weight excluding hydrogens is 345 g/mol. The zero-order chi connectivity index (χ0) is 12.9. The summed E-state index contributed by atoms with van der Waals surface area (Å²) >= 11 is 23.3. The Bertz CT molecular complexity index is 156. The summed E-state index contributed by atoms with van der Waals surface area (Å²) in [6.45, 7) is 0. The maximum atomic E-state index is 4.43. The van der Waals surface area contributed by atoms with Crippen LogP contribution in [0.25, 0.3) is 0 Å². The molecule has 0 rings (SSSR count). The second-order valence-corrected chi connectivity index (χ2v) is 8.85. The lowest BCUT2D eigenvalue weighted by atomic mass is 10.5. The predicted octanol–water partition coefficient (Wildman–Crippen LogP) is 3.64. The zero-order valence-corrected chi connectivity index (χ0v) is 15.9. The second-order valence-electron chi connectivity index (χ2n) is 3.34. The molecule has 0 N–H and O–H groups in total. The molecule has 0 unspecified atom stereocenters. The number of hydrogen-bond acceptors (Lipinski definition) is 7. The number of thiol groups is 4. The molecule has 0 aliphatic heterocycles. The zero-order valence-electron chi connectivity index (χ0n) is 9.83. The molecule has 2 atom stereocenters. The Balaban J connectivity index is 3.69. The first-order valence-electron chi connectivity index (χ1n) is 5.52. The van der Waals surface area contributed by atoms with Crippen LogP contribution in [-0.2, 0) is 0 Å². The number of hydrogen-bond donors (Lipinski definition) is 4.